The molecule has 2 unspecified atom stereocenters. The van der Waals surface area contributed by atoms with Crippen molar-refractivity contribution in [2.45, 2.75) is 44.7 Å². The normalized spacial score (nSPS) is 23.9. The number of rotatable bonds is 3. The number of Topliss-reactive ketones (excluding diaryl/α,β-unsaturated/α-hetero) is 1. The Balaban J connectivity index is 2.02. The molecule has 1 heterocycles. The highest BCUT2D eigenvalue weighted by Crippen LogP contribution is 2.18. The largest absolute Gasteiger partial charge is 0.311 e. The summed E-state index contributed by atoms with van der Waals surface area (Å²) >= 11 is 0. The minimum atomic E-state index is -0.705. The fourth-order valence-corrected chi connectivity index (χ4v) is 2.46. The van der Waals surface area contributed by atoms with Gasteiger partial charge in [0.05, 0.1) is 0 Å². The van der Waals surface area contributed by atoms with Gasteiger partial charge in [-0.3, -0.25) is 4.79 Å². The van der Waals surface area contributed by atoms with Crippen molar-refractivity contribution < 1.29 is 13.6 Å². The van der Waals surface area contributed by atoms with Gasteiger partial charge in [0.15, 0.2) is 5.78 Å². The third-order valence-electron chi connectivity index (χ3n) is 3.33. The van der Waals surface area contributed by atoms with Gasteiger partial charge < -0.3 is 5.32 Å². The van der Waals surface area contributed by atoms with E-state index in [0.29, 0.717) is 12.5 Å². The zero-order valence-corrected chi connectivity index (χ0v) is 10.4. The second-order valence-electron chi connectivity index (χ2n) is 4.98. The SMILES string of the molecule is CC1CCCC(CC(=O)c2cc(F)cc(F)c2)N1. The summed E-state index contributed by atoms with van der Waals surface area (Å²) < 4.78 is 26.0. The van der Waals surface area contributed by atoms with Crippen LogP contribution in [0, 0.1) is 11.6 Å². The molecular weight excluding hydrogens is 236 g/mol. The van der Waals surface area contributed by atoms with Crippen LogP contribution in [0.15, 0.2) is 18.2 Å². The van der Waals surface area contributed by atoms with E-state index in [1.165, 1.54) is 0 Å². The third kappa shape index (κ3) is 3.35. The van der Waals surface area contributed by atoms with Crippen LogP contribution >= 0.6 is 0 Å². The number of benzene rings is 1. The second-order valence-corrected chi connectivity index (χ2v) is 4.98. The lowest BCUT2D eigenvalue weighted by atomic mass is 9.94. The average Bonchev–Trinajstić information content (AvgIpc) is 2.27. The van der Waals surface area contributed by atoms with Crippen molar-refractivity contribution in [3.8, 4) is 0 Å². The molecule has 1 aliphatic heterocycles. The van der Waals surface area contributed by atoms with Gasteiger partial charge in [0.1, 0.15) is 11.6 Å². The molecule has 1 aliphatic rings. The van der Waals surface area contributed by atoms with Crippen molar-refractivity contribution in [2.24, 2.45) is 0 Å². The quantitative estimate of drug-likeness (QED) is 0.839. The Bertz CT molecular complexity index is 427. The maximum absolute atomic E-state index is 13.0. The molecule has 1 aromatic carbocycles. The number of piperidine rings is 1. The summed E-state index contributed by atoms with van der Waals surface area (Å²) in [6, 6.07) is 3.49. The second kappa shape index (κ2) is 5.57. The van der Waals surface area contributed by atoms with Gasteiger partial charge in [0.2, 0.25) is 0 Å². The van der Waals surface area contributed by atoms with Gasteiger partial charge in [0.25, 0.3) is 0 Å². The summed E-state index contributed by atoms with van der Waals surface area (Å²) in [6.07, 6.45) is 3.43. The Labute approximate surface area is 105 Å². The van der Waals surface area contributed by atoms with Crippen LogP contribution in [0.2, 0.25) is 0 Å². The molecular formula is C14H17F2NO. The maximum atomic E-state index is 13.0. The van der Waals surface area contributed by atoms with Gasteiger partial charge in [-0.25, -0.2) is 8.78 Å². The van der Waals surface area contributed by atoms with E-state index in [2.05, 4.69) is 12.2 Å². The van der Waals surface area contributed by atoms with E-state index in [-0.39, 0.29) is 17.4 Å². The van der Waals surface area contributed by atoms with E-state index in [4.69, 9.17) is 0 Å². The van der Waals surface area contributed by atoms with Gasteiger partial charge in [-0.2, -0.15) is 0 Å². The van der Waals surface area contributed by atoms with Gasteiger partial charge in [-0.15, -0.1) is 0 Å². The zero-order chi connectivity index (χ0) is 13.1. The Kier molecular flexibility index (Phi) is 4.07. The predicted octanol–water partition coefficient (Wildman–Crippen LogP) is 3.07. The minimum Gasteiger partial charge on any atom is -0.311 e. The van der Waals surface area contributed by atoms with E-state index < -0.39 is 11.6 Å². The Morgan fingerprint density at radius 3 is 2.56 bits per heavy atom. The molecule has 2 rings (SSSR count). The first kappa shape index (κ1) is 13.1. The van der Waals surface area contributed by atoms with Crippen molar-refractivity contribution in [1.82, 2.24) is 5.32 Å². The van der Waals surface area contributed by atoms with Crippen LogP contribution in [0.4, 0.5) is 8.78 Å². The van der Waals surface area contributed by atoms with Crippen LogP contribution < -0.4 is 5.32 Å². The Morgan fingerprint density at radius 2 is 1.94 bits per heavy atom. The highest BCUT2D eigenvalue weighted by Gasteiger charge is 2.21. The van der Waals surface area contributed by atoms with Crippen molar-refractivity contribution in [2.75, 3.05) is 0 Å². The molecule has 4 heteroatoms. The first-order valence-electron chi connectivity index (χ1n) is 6.30. The third-order valence-corrected chi connectivity index (χ3v) is 3.33. The van der Waals surface area contributed by atoms with Crippen LogP contribution in [0.3, 0.4) is 0 Å². The number of carbonyl (C=O) groups excluding carboxylic acids is 1. The van der Waals surface area contributed by atoms with Crippen LogP contribution in [0.1, 0.15) is 43.0 Å². The van der Waals surface area contributed by atoms with Crippen molar-refractivity contribution in [3.05, 3.63) is 35.4 Å². The molecule has 0 aromatic heterocycles. The summed E-state index contributed by atoms with van der Waals surface area (Å²) in [5.41, 5.74) is 0.118. The molecule has 0 saturated carbocycles. The monoisotopic (exact) mass is 253 g/mol. The fraction of sp³-hybridized carbons (Fsp3) is 0.500. The van der Waals surface area contributed by atoms with Crippen molar-refractivity contribution in [1.29, 1.82) is 0 Å². The molecule has 0 aliphatic carbocycles. The summed E-state index contributed by atoms with van der Waals surface area (Å²) in [4.78, 5) is 12.0. The smallest absolute Gasteiger partial charge is 0.164 e. The van der Waals surface area contributed by atoms with Crippen molar-refractivity contribution in [3.63, 3.8) is 0 Å². The molecule has 1 N–H and O–H groups in total. The summed E-state index contributed by atoms with van der Waals surface area (Å²) in [5, 5.41) is 3.34. The number of hydrogen-bond acceptors (Lipinski definition) is 2. The van der Waals surface area contributed by atoms with E-state index in [0.717, 1.165) is 37.5 Å². The first-order valence-corrected chi connectivity index (χ1v) is 6.30. The van der Waals surface area contributed by atoms with Crippen LogP contribution in [-0.4, -0.2) is 17.9 Å². The van der Waals surface area contributed by atoms with Crippen LogP contribution in [0.5, 0.6) is 0 Å². The summed E-state index contributed by atoms with van der Waals surface area (Å²) in [6.45, 7) is 2.08. The Hall–Kier alpha value is -1.29. The molecule has 0 amide bonds. The van der Waals surface area contributed by atoms with E-state index >= 15 is 0 Å². The molecule has 2 atom stereocenters. The minimum absolute atomic E-state index is 0.118. The van der Waals surface area contributed by atoms with E-state index in [1.807, 2.05) is 0 Å². The average molecular weight is 253 g/mol. The van der Waals surface area contributed by atoms with Gasteiger partial charge >= 0.3 is 0 Å². The lowest BCUT2D eigenvalue weighted by Crippen LogP contribution is -2.41. The number of nitrogens with one attached hydrogen (secondary N) is 1. The lowest BCUT2D eigenvalue weighted by molar-refractivity contribution is 0.0959. The Morgan fingerprint density at radius 1 is 1.28 bits per heavy atom. The standard InChI is InChI=1S/C14H17F2NO/c1-9-3-2-4-13(17-9)8-14(18)10-5-11(15)7-12(16)6-10/h5-7,9,13,17H,2-4,8H2,1H3. The number of carbonyl (C=O) groups is 1. The molecule has 1 aromatic rings. The first-order chi connectivity index (χ1) is 8.54. The fourth-order valence-electron chi connectivity index (χ4n) is 2.46. The zero-order valence-electron chi connectivity index (χ0n) is 10.4. The summed E-state index contributed by atoms with van der Waals surface area (Å²) in [7, 11) is 0. The highest BCUT2D eigenvalue weighted by molar-refractivity contribution is 5.96. The molecule has 18 heavy (non-hydrogen) atoms. The molecule has 2 nitrogen and oxygen atoms in total. The number of hydrogen-bond donors (Lipinski definition) is 1. The summed E-state index contributed by atoms with van der Waals surface area (Å²) in [5.74, 6) is -1.62. The molecule has 0 bridgehead atoms. The lowest BCUT2D eigenvalue weighted by Gasteiger charge is -2.28. The van der Waals surface area contributed by atoms with Crippen molar-refractivity contribution >= 4 is 5.78 Å². The van der Waals surface area contributed by atoms with E-state index in [9.17, 15) is 13.6 Å². The van der Waals surface area contributed by atoms with Gasteiger partial charge in [-0.05, 0) is 31.9 Å². The predicted molar refractivity (Wildman–Crippen MR) is 65.5 cm³/mol. The molecule has 0 spiro atoms. The van der Waals surface area contributed by atoms with Gasteiger partial charge in [-0.1, -0.05) is 6.42 Å². The molecule has 0 radical (unpaired) electrons. The van der Waals surface area contributed by atoms with Crippen LogP contribution in [-0.2, 0) is 0 Å². The van der Waals surface area contributed by atoms with E-state index in [1.54, 1.807) is 0 Å². The number of halogens is 2. The highest BCUT2D eigenvalue weighted by atomic mass is 19.1. The maximum Gasteiger partial charge on any atom is 0.164 e. The van der Waals surface area contributed by atoms with Gasteiger partial charge in [0, 0.05) is 30.1 Å². The molecule has 1 saturated heterocycles. The molecule has 98 valence electrons. The molecule has 1 fully saturated rings. The van der Waals surface area contributed by atoms with Crippen LogP contribution in [0.25, 0.3) is 0 Å². The number of ketones is 1. The topological polar surface area (TPSA) is 29.1 Å².